The highest BCUT2D eigenvalue weighted by Crippen LogP contribution is 2.46. The molecule has 11 heteroatoms. The maximum absolute atomic E-state index is 13.0. The Morgan fingerprint density at radius 1 is 1.11 bits per heavy atom. The second-order valence-corrected chi connectivity index (χ2v) is 9.78. The number of alkyl halides is 2. The lowest BCUT2D eigenvalue weighted by Gasteiger charge is -2.39. The quantitative estimate of drug-likeness (QED) is 0.422. The Kier molecular flexibility index (Phi) is 6.23. The number of para-hydroxylation sites is 1. The fourth-order valence-electron chi connectivity index (χ4n) is 5.60. The predicted octanol–water partition coefficient (Wildman–Crippen LogP) is 5.03. The van der Waals surface area contributed by atoms with E-state index in [0.717, 1.165) is 49.8 Å². The third-order valence-electron chi connectivity index (χ3n) is 7.40. The number of hydrogen-bond donors (Lipinski definition) is 1. The van der Waals surface area contributed by atoms with Gasteiger partial charge in [0.1, 0.15) is 23.0 Å². The zero-order chi connectivity index (χ0) is 25.5. The third-order valence-corrected chi connectivity index (χ3v) is 7.40. The summed E-state index contributed by atoms with van der Waals surface area (Å²) in [7, 11) is 0. The summed E-state index contributed by atoms with van der Waals surface area (Å²) in [6.07, 6.45) is 8.41. The fraction of sp³-hybridized carbons (Fsp3) is 0.462. The summed E-state index contributed by atoms with van der Waals surface area (Å²) in [6, 6.07) is 7.03. The monoisotopic (exact) mass is 512 g/mol. The molecular formula is C26H26F2N4O5. The van der Waals surface area contributed by atoms with Gasteiger partial charge >= 0.3 is 12.6 Å². The number of hydrogen-bond acceptors (Lipinski definition) is 8. The molecule has 1 N–H and O–H groups in total. The summed E-state index contributed by atoms with van der Waals surface area (Å²) in [5.41, 5.74) is 1.64. The predicted molar refractivity (Wildman–Crippen MR) is 127 cm³/mol. The molecule has 3 fully saturated rings. The average Bonchev–Trinajstić information content (AvgIpc) is 3.59. The van der Waals surface area contributed by atoms with Crippen molar-refractivity contribution in [2.24, 2.45) is 0 Å². The molecule has 3 aromatic rings. The molecule has 0 spiro atoms. The van der Waals surface area contributed by atoms with Gasteiger partial charge in [0.05, 0.1) is 25.1 Å². The summed E-state index contributed by atoms with van der Waals surface area (Å²) in [5.74, 6) is 0.667. The summed E-state index contributed by atoms with van der Waals surface area (Å²) < 4.78 is 42.9. The molecule has 4 heterocycles. The maximum Gasteiger partial charge on any atom is 0.387 e. The standard InChI is InChI=1S/C26H26F2N4O5/c27-26(28)36-21-4-2-1-3-18(21)23-19(24(37-31-23)14-5-6-14)13-35-17-9-15-7-8-16(10-17)32(15)22-12-29-20(11-30-22)25(33)34/h1-4,11-12,14-17,26H,5-10,13H2,(H,33,34)/t15-,16+,17?. The van der Waals surface area contributed by atoms with Crippen molar-refractivity contribution in [3.05, 3.63) is 53.7 Å². The lowest BCUT2D eigenvalue weighted by molar-refractivity contribution is -0.0494. The van der Waals surface area contributed by atoms with Gasteiger partial charge < -0.3 is 24.0 Å². The van der Waals surface area contributed by atoms with E-state index in [2.05, 4.69) is 20.0 Å². The van der Waals surface area contributed by atoms with Gasteiger partial charge in [-0.25, -0.2) is 14.8 Å². The molecule has 2 saturated heterocycles. The molecule has 9 nitrogen and oxygen atoms in total. The van der Waals surface area contributed by atoms with E-state index < -0.39 is 12.6 Å². The number of ether oxygens (including phenoxy) is 2. The number of fused-ring (bicyclic) bond motifs is 2. The van der Waals surface area contributed by atoms with Crippen LogP contribution in [-0.2, 0) is 11.3 Å². The molecular weight excluding hydrogens is 486 g/mol. The van der Waals surface area contributed by atoms with Gasteiger partial charge in [-0.15, -0.1) is 0 Å². The molecule has 1 aliphatic carbocycles. The van der Waals surface area contributed by atoms with Crippen LogP contribution in [-0.4, -0.2) is 51.0 Å². The first kappa shape index (κ1) is 23.8. The Morgan fingerprint density at radius 3 is 2.51 bits per heavy atom. The highest BCUT2D eigenvalue weighted by molar-refractivity contribution is 5.84. The first-order chi connectivity index (χ1) is 18.0. The smallest absolute Gasteiger partial charge is 0.387 e. The summed E-state index contributed by atoms with van der Waals surface area (Å²) in [6.45, 7) is -2.67. The Hall–Kier alpha value is -3.60. The highest BCUT2D eigenvalue weighted by Gasteiger charge is 2.42. The fourth-order valence-corrected chi connectivity index (χ4v) is 5.60. The second-order valence-electron chi connectivity index (χ2n) is 9.78. The van der Waals surface area contributed by atoms with E-state index in [-0.39, 0.29) is 42.2 Å². The van der Waals surface area contributed by atoms with Crippen LogP contribution in [0.4, 0.5) is 14.6 Å². The first-order valence-electron chi connectivity index (χ1n) is 12.5. The molecule has 3 aliphatic rings. The van der Waals surface area contributed by atoms with Crippen LogP contribution in [0.3, 0.4) is 0 Å². The van der Waals surface area contributed by atoms with Gasteiger partial charge in [-0.2, -0.15) is 8.78 Å². The third kappa shape index (κ3) is 4.75. The van der Waals surface area contributed by atoms with Gasteiger partial charge in [0.15, 0.2) is 5.69 Å². The number of halogens is 2. The van der Waals surface area contributed by atoms with Crippen molar-refractivity contribution < 1.29 is 32.7 Å². The summed E-state index contributed by atoms with van der Waals surface area (Å²) >= 11 is 0. The first-order valence-corrected chi connectivity index (χ1v) is 12.5. The second kappa shape index (κ2) is 9.70. The van der Waals surface area contributed by atoms with E-state index in [4.69, 9.17) is 19.1 Å². The van der Waals surface area contributed by atoms with Gasteiger partial charge in [0, 0.05) is 29.1 Å². The van der Waals surface area contributed by atoms with Gasteiger partial charge in [-0.1, -0.05) is 17.3 Å². The van der Waals surface area contributed by atoms with Crippen LogP contribution >= 0.6 is 0 Å². The molecule has 37 heavy (non-hydrogen) atoms. The van der Waals surface area contributed by atoms with E-state index in [9.17, 15) is 13.6 Å². The lowest BCUT2D eigenvalue weighted by Crippen LogP contribution is -2.46. The minimum Gasteiger partial charge on any atom is -0.476 e. The number of rotatable bonds is 9. The van der Waals surface area contributed by atoms with Crippen molar-refractivity contribution in [1.29, 1.82) is 0 Å². The van der Waals surface area contributed by atoms with Crippen LogP contribution in [0.1, 0.15) is 66.3 Å². The minimum atomic E-state index is -2.94. The molecule has 2 aliphatic heterocycles. The topological polar surface area (TPSA) is 111 Å². The van der Waals surface area contributed by atoms with Crippen molar-refractivity contribution in [3.8, 4) is 17.0 Å². The summed E-state index contributed by atoms with van der Waals surface area (Å²) in [4.78, 5) is 21.7. The zero-order valence-corrected chi connectivity index (χ0v) is 19.9. The number of aromatic carboxylic acids is 1. The normalized spacial score (nSPS) is 23.0. The summed E-state index contributed by atoms with van der Waals surface area (Å²) in [5, 5.41) is 13.3. The van der Waals surface area contributed by atoms with Crippen molar-refractivity contribution in [2.75, 3.05) is 4.90 Å². The molecule has 1 aromatic carbocycles. The molecule has 0 amide bonds. The SMILES string of the molecule is O=C(O)c1cnc(N2[C@@H]3CC[C@H]2CC(OCc2c(-c4ccccc4OC(F)F)noc2C2CC2)C3)cn1. The van der Waals surface area contributed by atoms with Crippen molar-refractivity contribution in [2.45, 2.75) is 75.8 Å². The number of carbonyl (C=O) groups is 1. The van der Waals surface area contributed by atoms with E-state index in [1.165, 1.54) is 18.5 Å². The number of piperidine rings is 1. The van der Waals surface area contributed by atoms with Crippen molar-refractivity contribution in [1.82, 2.24) is 15.1 Å². The number of anilines is 1. The lowest BCUT2D eigenvalue weighted by atomic mass is 9.99. The van der Waals surface area contributed by atoms with E-state index in [1.54, 1.807) is 18.2 Å². The number of carboxylic acid groups (broad SMARTS) is 1. The Bertz CT molecular complexity index is 1270. The van der Waals surface area contributed by atoms with Crippen LogP contribution in [0.15, 0.2) is 41.2 Å². The Labute approximate surface area is 211 Å². The van der Waals surface area contributed by atoms with Crippen LogP contribution in [0.2, 0.25) is 0 Å². The van der Waals surface area contributed by atoms with Crippen molar-refractivity contribution >= 4 is 11.8 Å². The van der Waals surface area contributed by atoms with Gasteiger partial charge in [-0.3, -0.25) is 0 Å². The molecule has 1 saturated carbocycles. The largest absolute Gasteiger partial charge is 0.476 e. The van der Waals surface area contributed by atoms with Crippen LogP contribution in [0.25, 0.3) is 11.3 Å². The highest BCUT2D eigenvalue weighted by atomic mass is 19.3. The van der Waals surface area contributed by atoms with Crippen LogP contribution in [0, 0.1) is 0 Å². The van der Waals surface area contributed by atoms with Crippen LogP contribution < -0.4 is 9.64 Å². The van der Waals surface area contributed by atoms with E-state index in [1.807, 2.05) is 0 Å². The van der Waals surface area contributed by atoms with Gasteiger partial charge in [0.25, 0.3) is 0 Å². The number of benzene rings is 1. The molecule has 0 radical (unpaired) electrons. The molecule has 2 bridgehead atoms. The van der Waals surface area contributed by atoms with Gasteiger partial charge in [-0.05, 0) is 50.7 Å². The molecule has 194 valence electrons. The van der Waals surface area contributed by atoms with E-state index in [0.29, 0.717) is 17.1 Å². The minimum absolute atomic E-state index is 0.00219. The number of nitrogens with zero attached hydrogens (tertiary/aromatic N) is 4. The molecule has 3 atom stereocenters. The zero-order valence-electron chi connectivity index (χ0n) is 19.9. The van der Waals surface area contributed by atoms with Gasteiger partial charge in [0.2, 0.25) is 0 Å². The molecule has 2 aromatic heterocycles. The maximum atomic E-state index is 13.0. The Morgan fingerprint density at radius 2 is 1.86 bits per heavy atom. The van der Waals surface area contributed by atoms with Crippen LogP contribution in [0.5, 0.6) is 5.75 Å². The number of aromatic nitrogens is 3. The molecule has 1 unspecified atom stereocenters. The number of carboxylic acids is 1. The van der Waals surface area contributed by atoms with Crippen molar-refractivity contribution in [3.63, 3.8) is 0 Å². The average molecular weight is 513 g/mol. The molecule has 6 rings (SSSR count). The Balaban J connectivity index is 1.19. The van der Waals surface area contributed by atoms with E-state index >= 15 is 0 Å².